The maximum atomic E-state index is 13.1. The quantitative estimate of drug-likeness (QED) is 0.564. The molecule has 5 rings (SSSR count). The molecule has 4 aromatic rings. The van der Waals surface area contributed by atoms with Crippen LogP contribution >= 0.6 is 0 Å². The van der Waals surface area contributed by atoms with Crippen LogP contribution in [0, 0.1) is 5.82 Å². The van der Waals surface area contributed by atoms with Crippen LogP contribution in [0.25, 0.3) is 22.0 Å². The van der Waals surface area contributed by atoms with Gasteiger partial charge in [-0.1, -0.05) is 0 Å². The Kier molecular flexibility index (Phi) is 4.25. The molecule has 0 spiro atoms. The van der Waals surface area contributed by atoms with E-state index in [0.29, 0.717) is 11.4 Å². The van der Waals surface area contributed by atoms with E-state index >= 15 is 0 Å². The van der Waals surface area contributed by atoms with Crippen LogP contribution in [0.15, 0.2) is 55.0 Å². The predicted octanol–water partition coefficient (Wildman–Crippen LogP) is 2.99. The Morgan fingerprint density at radius 3 is 2.83 bits per heavy atom. The van der Waals surface area contributed by atoms with Crippen LogP contribution in [0.3, 0.4) is 0 Å². The number of rotatable bonds is 3. The van der Waals surface area contributed by atoms with E-state index in [-0.39, 0.29) is 11.7 Å². The van der Waals surface area contributed by atoms with Gasteiger partial charge >= 0.3 is 0 Å². The molecule has 0 bridgehead atoms. The fraction of sp³-hybridized carbons (Fsp3) is 0.143. The van der Waals surface area contributed by atoms with Crippen LogP contribution < -0.4 is 10.6 Å². The first kappa shape index (κ1) is 17.4. The molecule has 0 saturated carbocycles. The van der Waals surface area contributed by atoms with Gasteiger partial charge in [-0.15, -0.1) is 0 Å². The van der Waals surface area contributed by atoms with Crippen LogP contribution in [-0.4, -0.2) is 32.2 Å². The molecule has 1 aromatic carbocycles. The molecule has 7 nitrogen and oxygen atoms in total. The zero-order chi connectivity index (χ0) is 19.8. The number of hydrogen-bond donors (Lipinski definition) is 2. The lowest BCUT2D eigenvalue weighted by Crippen LogP contribution is -2.28. The number of nitrogens with zero attached hydrogens (tertiary/aromatic N) is 4. The molecule has 4 heterocycles. The van der Waals surface area contributed by atoms with Crippen molar-refractivity contribution in [1.29, 1.82) is 0 Å². The third-order valence-corrected chi connectivity index (χ3v) is 4.97. The molecule has 0 aliphatic carbocycles. The minimum Gasteiger partial charge on any atom is -0.309 e. The Hall–Kier alpha value is -3.65. The van der Waals surface area contributed by atoms with Gasteiger partial charge in [0.25, 0.3) is 5.91 Å². The van der Waals surface area contributed by atoms with Gasteiger partial charge in [0.2, 0.25) is 0 Å². The first-order valence-electron chi connectivity index (χ1n) is 9.26. The van der Waals surface area contributed by atoms with Crippen molar-refractivity contribution in [1.82, 2.24) is 25.1 Å². The average molecular weight is 388 g/mol. The lowest BCUT2D eigenvalue weighted by atomic mass is 10.1. The van der Waals surface area contributed by atoms with Crippen molar-refractivity contribution in [2.24, 2.45) is 0 Å². The molecule has 0 unspecified atom stereocenters. The normalized spacial score (nSPS) is 13.3. The largest absolute Gasteiger partial charge is 0.309 e. The van der Waals surface area contributed by atoms with Gasteiger partial charge < -0.3 is 10.6 Å². The monoisotopic (exact) mass is 388 g/mol. The molecule has 1 aliphatic rings. The van der Waals surface area contributed by atoms with Crippen molar-refractivity contribution in [3.8, 4) is 11.1 Å². The Balaban J connectivity index is 1.46. The third kappa shape index (κ3) is 3.34. The number of amides is 1. The highest BCUT2D eigenvalue weighted by atomic mass is 19.1. The summed E-state index contributed by atoms with van der Waals surface area (Å²) in [7, 11) is 0. The third-order valence-electron chi connectivity index (χ3n) is 4.97. The van der Waals surface area contributed by atoms with Gasteiger partial charge in [-0.2, -0.15) is 5.10 Å². The van der Waals surface area contributed by atoms with E-state index < -0.39 is 0 Å². The van der Waals surface area contributed by atoms with Gasteiger partial charge in [-0.25, -0.2) is 9.37 Å². The standard InChI is InChI=1S/C21H17FN6O/c22-16-3-1-13(2-4-16)21(29)27-20-8-14-7-15(9-24-18(14)11-25-20)17-10-26-28-6-5-23-12-19(17)28/h1-4,7-11,23H,5-6,12H2,(H,25,27,29). The molecule has 1 amide bonds. The van der Waals surface area contributed by atoms with Gasteiger partial charge in [-0.05, 0) is 36.4 Å². The number of anilines is 1. The predicted molar refractivity (Wildman–Crippen MR) is 107 cm³/mol. The summed E-state index contributed by atoms with van der Waals surface area (Å²) in [6, 6.07) is 9.16. The zero-order valence-electron chi connectivity index (χ0n) is 15.4. The number of hydrogen-bond acceptors (Lipinski definition) is 5. The second kappa shape index (κ2) is 7.06. The lowest BCUT2D eigenvalue weighted by molar-refractivity contribution is 0.102. The number of halogens is 1. The summed E-state index contributed by atoms with van der Waals surface area (Å²) in [5.74, 6) is -0.330. The molecular formula is C21H17FN6O. The van der Waals surface area contributed by atoms with E-state index in [9.17, 15) is 9.18 Å². The molecule has 3 aromatic heterocycles. The van der Waals surface area contributed by atoms with Crippen molar-refractivity contribution in [3.05, 3.63) is 72.1 Å². The fourth-order valence-electron chi connectivity index (χ4n) is 3.46. The molecule has 0 atom stereocenters. The minimum absolute atomic E-state index is 0.349. The number of aromatic nitrogens is 4. The van der Waals surface area contributed by atoms with Crippen molar-refractivity contribution in [3.63, 3.8) is 0 Å². The molecule has 0 fully saturated rings. The fourth-order valence-corrected chi connectivity index (χ4v) is 3.46. The van der Waals surface area contributed by atoms with E-state index in [1.165, 1.54) is 24.3 Å². The van der Waals surface area contributed by atoms with E-state index in [2.05, 4.69) is 25.7 Å². The molecule has 1 aliphatic heterocycles. The zero-order valence-corrected chi connectivity index (χ0v) is 15.4. The van der Waals surface area contributed by atoms with Crippen LogP contribution in [0.4, 0.5) is 10.2 Å². The molecule has 29 heavy (non-hydrogen) atoms. The number of pyridine rings is 2. The molecular weight excluding hydrogens is 371 g/mol. The van der Waals surface area contributed by atoms with Crippen LogP contribution in [0.5, 0.6) is 0 Å². The highest BCUT2D eigenvalue weighted by Gasteiger charge is 2.16. The summed E-state index contributed by atoms with van der Waals surface area (Å²) in [6.07, 6.45) is 5.30. The number of nitrogens with one attached hydrogen (secondary N) is 2. The van der Waals surface area contributed by atoms with Gasteiger partial charge in [0.1, 0.15) is 11.6 Å². The van der Waals surface area contributed by atoms with Crippen molar-refractivity contribution in [2.45, 2.75) is 13.1 Å². The number of benzene rings is 1. The summed E-state index contributed by atoms with van der Waals surface area (Å²) < 4.78 is 15.1. The van der Waals surface area contributed by atoms with E-state index in [1.807, 2.05) is 23.1 Å². The summed E-state index contributed by atoms with van der Waals surface area (Å²) in [6.45, 7) is 2.52. The summed E-state index contributed by atoms with van der Waals surface area (Å²) >= 11 is 0. The first-order valence-corrected chi connectivity index (χ1v) is 9.26. The van der Waals surface area contributed by atoms with Crippen LogP contribution in [-0.2, 0) is 13.1 Å². The smallest absolute Gasteiger partial charge is 0.256 e. The van der Waals surface area contributed by atoms with Gasteiger partial charge in [0, 0.05) is 41.4 Å². The summed E-state index contributed by atoms with van der Waals surface area (Å²) in [5, 5.41) is 11.4. The van der Waals surface area contributed by atoms with Crippen LogP contribution in [0.1, 0.15) is 16.1 Å². The second-order valence-corrected chi connectivity index (χ2v) is 6.85. The van der Waals surface area contributed by atoms with Crippen molar-refractivity contribution in [2.75, 3.05) is 11.9 Å². The Morgan fingerprint density at radius 1 is 1.10 bits per heavy atom. The highest BCUT2D eigenvalue weighted by Crippen LogP contribution is 2.27. The van der Waals surface area contributed by atoms with Crippen molar-refractivity contribution < 1.29 is 9.18 Å². The van der Waals surface area contributed by atoms with Gasteiger partial charge in [-0.3, -0.25) is 14.5 Å². The molecule has 8 heteroatoms. The molecule has 144 valence electrons. The Morgan fingerprint density at radius 2 is 1.97 bits per heavy atom. The Bertz CT molecular complexity index is 1220. The topological polar surface area (TPSA) is 84.7 Å². The molecule has 0 radical (unpaired) electrons. The lowest BCUT2D eigenvalue weighted by Gasteiger charge is -2.16. The maximum absolute atomic E-state index is 13.1. The second-order valence-electron chi connectivity index (χ2n) is 6.85. The van der Waals surface area contributed by atoms with Crippen LogP contribution in [0.2, 0.25) is 0 Å². The highest BCUT2D eigenvalue weighted by molar-refractivity contribution is 6.04. The Labute approximate surface area is 165 Å². The number of carbonyl (C=O) groups is 1. The SMILES string of the molecule is O=C(Nc1cc2cc(-c3cnn4c3CNCC4)cnc2cn1)c1ccc(F)cc1. The van der Waals surface area contributed by atoms with Gasteiger partial charge in [0.05, 0.1) is 30.1 Å². The average Bonchev–Trinajstić information content (AvgIpc) is 3.18. The molecule has 2 N–H and O–H groups in total. The van der Waals surface area contributed by atoms with Crippen molar-refractivity contribution >= 4 is 22.6 Å². The number of carbonyl (C=O) groups excluding carboxylic acids is 1. The maximum Gasteiger partial charge on any atom is 0.256 e. The van der Waals surface area contributed by atoms with Gasteiger partial charge in [0.15, 0.2) is 0 Å². The number of fused-ring (bicyclic) bond motifs is 2. The van der Waals surface area contributed by atoms with E-state index in [4.69, 9.17) is 0 Å². The summed E-state index contributed by atoms with van der Waals surface area (Å²) in [5.41, 5.74) is 4.23. The van der Waals surface area contributed by atoms with E-state index in [0.717, 1.165) is 47.4 Å². The summed E-state index contributed by atoms with van der Waals surface area (Å²) in [4.78, 5) is 21.1. The first-order chi connectivity index (χ1) is 14.2. The molecule has 0 saturated heterocycles. The minimum atomic E-state index is -0.387. The van der Waals surface area contributed by atoms with E-state index in [1.54, 1.807) is 12.3 Å².